The number of rotatable bonds is 4. The molecule has 0 radical (unpaired) electrons. The molecule has 2 aliphatic rings. The fourth-order valence-electron chi connectivity index (χ4n) is 3.58. The lowest BCUT2D eigenvalue weighted by atomic mass is 9.77. The lowest BCUT2D eigenvalue weighted by Crippen LogP contribution is -2.51. The molecular formula is C14H25NO3. The SMILES string of the molecule is CCC1(C(=O)O)CCCN(CC2(O)CCCC2)C1. The molecule has 0 spiro atoms. The lowest BCUT2D eigenvalue weighted by Gasteiger charge is -2.42. The van der Waals surface area contributed by atoms with Gasteiger partial charge in [-0.1, -0.05) is 19.8 Å². The van der Waals surface area contributed by atoms with Gasteiger partial charge in [-0.05, 0) is 38.6 Å². The first-order valence-corrected chi connectivity index (χ1v) is 7.18. The molecule has 0 bridgehead atoms. The van der Waals surface area contributed by atoms with Crippen LogP contribution in [0.25, 0.3) is 0 Å². The van der Waals surface area contributed by atoms with E-state index in [0.29, 0.717) is 19.5 Å². The smallest absolute Gasteiger partial charge is 0.310 e. The van der Waals surface area contributed by atoms with Gasteiger partial charge >= 0.3 is 5.97 Å². The highest BCUT2D eigenvalue weighted by molar-refractivity contribution is 5.75. The second kappa shape index (κ2) is 5.17. The summed E-state index contributed by atoms with van der Waals surface area (Å²) in [5.41, 5.74) is -1.15. The van der Waals surface area contributed by atoms with Crippen LogP contribution in [-0.2, 0) is 4.79 Å². The second-order valence-corrected chi connectivity index (χ2v) is 6.18. The maximum Gasteiger partial charge on any atom is 0.310 e. The third-order valence-corrected chi connectivity index (χ3v) is 4.84. The number of carbonyl (C=O) groups is 1. The molecule has 2 rings (SSSR count). The number of carboxylic acid groups (broad SMARTS) is 1. The van der Waals surface area contributed by atoms with Gasteiger partial charge in [-0.15, -0.1) is 0 Å². The van der Waals surface area contributed by atoms with Crippen LogP contribution in [0.5, 0.6) is 0 Å². The summed E-state index contributed by atoms with van der Waals surface area (Å²) in [5.74, 6) is -0.673. The first-order chi connectivity index (χ1) is 8.50. The summed E-state index contributed by atoms with van der Waals surface area (Å²) in [4.78, 5) is 13.7. The van der Waals surface area contributed by atoms with E-state index in [-0.39, 0.29) is 0 Å². The van der Waals surface area contributed by atoms with Gasteiger partial charge in [0.05, 0.1) is 11.0 Å². The maximum absolute atomic E-state index is 11.5. The summed E-state index contributed by atoms with van der Waals surface area (Å²) in [6.07, 6.45) is 6.32. The Labute approximate surface area is 109 Å². The highest BCUT2D eigenvalue weighted by Crippen LogP contribution is 2.36. The molecule has 1 atom stereocenters. The summed E-state index contributed by atoms with van der Waals surface area (Å²) in [7, 11) is 0. The van der Waals surface area contributed by atoms with Gasteiger partial charge in [0.2, 0.25) is 0 Å². The fourth-order valence-corrected chi connectivity index (χ4v) is 3.58. The van der Waals surface area contributed by atoms with Crippen molar-refractivity contribution in [1.29, 1.82) is 0 Å². The largest absolute Gasteiger partial charge is 0.481 e. The van der Waals surface area contributed by atoms with E-state index in [4.69, 9.17) is 0 Å². The summed E-state index contributed by atoms with van der Waals surface area (Å²) >= 11 is 0. The molecule has 2 fully saturated rings. The zero-order valence-electron chi connectivity index (χ0n) is 11.3. The van der Waals surface area contributed by atoms with Crippen LogP contribution in [0.2, 0.25) is 0 Å². The van der Waals surface area contributed by atoms with Crippen molar-refractivity contribution in [2.45, 2.75) is 57.5 Å². The standard InChI is InChI=1S/C14H25NO3/c1-2-13(12(16)17)6-5-9-15(10-13)11-14(18)7-3-4-8-14/h18H,2-11H2,1H3,(H,16,17). The molecule has 1 saturated heterocycles. The van der Waals surface area contributed by atoms with Gasteiger partial charge < -0.3 is 10.2 Å². The normalized spacial score (nSPS) is 32.6. The number of carboxylic acids is 1. The molecule has 4 heteroatoms. The van der Waals surface area contributed by atoms with E-state index >= 15 is 0 Å². The van der Waals surface area contributed by atoms with Gasteiger partial charge in [0.15, 0.2) is 0 Å². The van der Waals surface area contributed by atoms with Crippen molar-refractivity contribution in [2.75, 3.05) is 19.6 Å². The van der Waals surface area contributed by atoms with Gasteiger partial charge in [-0.3, -0.25) is 9.69 Å². The summed E-state index contributed by atoms with van der Waals surface area (Å²) in [6.45, 7) is 4.14. The molecule has 0 aromatic heterocycles. The topological polar surface area (TPSA) is 60.8 Å². The van der Waals surface area contributed by atoms with Crippen LogP contribution < -0.4 is 0 Å². The van der Waals surface area contributed by atoms with Crippen LogP contribution in [0, 0.1) is 5.41 Å². The molecule has 2 N–H and O–H groups in total. The molecule has 1 saturated carbocycles. The monoisotopic (exact) mass is 255 g/mol. The molecule has 1 aliphatic carbocycles. The average Bonchev–Trinajstić information content (AvgIpc) is 2.75. The summed E-state index contributed by atoms with van der Waals surface area (Å²) in [5, 5.41) is 19.9. The number of aliphatic carboxylic acids is 1. The Morgan fingerprint density at radius 2 is 1.89 bits per heavy atom. The Morgan fingerprint density at radius 1 is 1.22 bits per heavy atom. The van der Waals surface area contributed by atoms with Crippen LogP contribution in [0.1, 0.15) is 51.9 Å². The number of hydrogen-bond acceptors (Lipinski definition) is 3. The van der Waals surface area contributed by atoms with Crippen molar-refractivity contribution >= 4 is 5.97 Å². The minimum Gasteiger partial charge on any atom is -0.481 e. The Bertz CT molecular complexity index is 312. The van der Waals surface area contributed by atoms with Crippen molar-refractivity contribution in [3.8, 4) is 0 Å². The maximum atomic E-state index is 11.5. The zero-order chi connectivity index (χ0) is 13.2. The fraction of sp³-hybridized carbons (Fsp3) is 0.929. The molecule has 18 heavy (non-hydrogen) atoms. The summed E-state index contributed by atoms with van der Waals surface area (Å²) in [6, 6.07) is 0. The number of piperidine rings is 1. The zero-order valence-corrected chi connectivity index (χ0v) is 11.3. The summed E-state index contributed by atoms with van der Waals surface area (Å²) < 4.78 is 0. The van der Waals surface area contributed by atoms with Crippen molar-refractivity contribution < 1.29 is 15.0 Å². The molecular weight excluding hydrogens is 230 g/mol. The molecule has 0 aromatic rings. The van der Waals surface area contributed by atoms with E-state index in [1.807, 2.05) is 6.92 Å². The number of nitrogens with zero attached hydrogens (tertiary/aromatic N) is 1. The average molecular weight is 255 g/mol. The van der Waals surface area contributed by atoms with E-state index in [1.54, 1.807) is 0 Å². The van der Waals surface area contributed by atoms with Gasteiger partial charge in [-0.2, -0.15) is 0 Å². The third kappa shape index (κ3) is 2.69. The van der Waals surface area contributed by atoms with Crippen LogP contribution in [0.3, 0.4) is 0 Å². The first-order valence-electron chi connectivity index (χ1n) is 7.18. The number of likely N-dealkylation sites (tertiary alicyclic amines) is 1. The van der Waals surface area contributed by atoms with Crippen LogP contribution in [-0.4, -0.2) is 46.3 Å². The van der Waals surface area contributed by atoms with Crippen molar-refractivity contribution in [2.24, 2.45) is 5.41 Å². The van der Waals surface area contributed by atoms with E-state index < -0.39 is 17.0 Å². The Morgan fingerprint density at radius 3 is 2.44 bits per heavy atom. The predicted molar refractivity (Wildman–Crippen MR) is 69.5 cm³/mol. The molecule has 0 amide bonds. The third-order valence-electron chi connectivity index (χ3n) is 4.84. The van der Waals surface area contributed by atoms with Crippen molar-refractivity contribution in [3.05, 3.63) is 0 Å². The van der Waals surface area contributed by atoms with E-state index in [0.717, 1.165) is 45.1 Å². The van der Waals surface area contributed by atoms with E-state index in [1.165, 1.54) is 0 Å². The molecule has 1 unspecified atom stereocenters. The Kier molecular flexibility index (Phi) is 3.97. The molecule has 1 aliphatic heterocycles. The highest BCUT2D eigenvalue weighted by Gasteiger charge is 2.43. The first kappa shape index (κ1) is 13.8. The number of aliphatic hydroxyl groups is 1. The second-order valence-electron chi connectivity index (χ2n) is 6.18. The van der Waals surface area contributed by atoms with Crippen LogP contribution >= 0.6 is 0 Å². The number of hydrogen-bond donors (Lipinski definition) is 2. The minimum absolute atomic E-state index is 0.560. The Balaban J connectivity index is 2.00. The van der Waals surface area contributed by atoms with Gasteiger partial charge in [0.1, 0.15) is 0 Å². The molecule has 0 aromatic carbocycles. The van der Waals surface area contributed by atoms with Gasteiger partial charge in [0, 0.05) is 13.1 Å². The van der Waals surface area contributed by atoms with E-state index in [9.17, 15) is 15.0 Å². The molecule has 4 nitrogen and oxygen atoms in total. The van der Waals surface area contributed by atoms with Crippen LogP contribution in [0.4, 0.5) is 0 Å². The van der Waals surface area contributed by atoms with E-state index in [2.05, 4.69) is 4.90 Å². The quantitative estimate of drug-likeness (QED) is 0.805. The van der Waals surface area contributed by atoms with Crippen LogP contribution in [0.15, 0.2) is 0 Å². The molecule has 104 valence electrons. The number of β-amino-alcohol motifs (C(OH)–C–C–N with tert-alkyl or cyclic N) is 1. The minimum atomic E-state index is -0.673. The Hall–Kier alpha value is -0.610. The lowest BCUT2D eigenvalue weighted by molar-refractivity contribution is -0.154. The van der Waals surface area contributed by atoms with Gasteiger partial charge in [-0.25, -0.2) is 0 Å². The predicted octanol–water partition coefficient (Wildman–Crippen LogP) is 1.87. The molecule has 1 heterocycles. The van der Waals surface area contributed by atoms with Crippen molar-refractivity contribution in [1.82, 2.24) is 4.90 Å². The van der Waals surface area contributed by atoms with Gasteiger partial charge in [0.25, 0.3) is 0 Å². The van der Waals surface area contributed by atoms with Crippen molar-refractivity contribution in [3.63, 3.8) is 0 Å². The highest BCUT2D eigenvalue weighted by atomic mass is 16.4.